The van der Waals surface area contributed by atoms with Crippen molar-refractivity contribution in [1.29, 1.82) is 0 Å². The van der Waals surface area contributed by atoms with E-state index in [9.17, 15) is 9.59 Å². The molecule has 0 saturated carbocycles. The number of methoxy groups -OCH3 is 1. The molecule has 8 nitrogen and oxygen atoms in total. The second kappa shape index (κ2) is 12.0. The number of carbonyl (C=O) groups is 2. The molecule has 1 aliphatic heterocycles. The second-order valence-electron chi connectivity index (χ2n) is 9.62. The van der Waals surface area contributed by atoms with Crippen LogP contribution in [0.5, 0.6) is 5.75 Å². The summed E-state index contributed by atoms with van der Waals surface area (Å²) in [4.78, 5) is 33.2. The Morgan fingerprint density at radius 3 is 2.56 bits per heavy atom. The first-order chi connectivity index (χ1) is 19.0. The number of amides is 2. The van der Waals surface area contributed by atoms with Crippen LogP contribution in [0.2, 0.25) is 0 Å². The van der Waals surface area contributed by atoms with E-state index in [0.29, 0.717) is 30.4 Å². The molecule has 0 spiro atoms. The van der Waals surface area contributed by atoms with E-state index in [1.165, 1.54) is 0 Å². The Bertz CT molecular complexity index is 1430. The molecule has 8 heteroatoms. The zero-order valence-electron chi connectivity index (χ0n) is 22.2. The van der Waals surface area contributed by atoms with Gasteiger partial charge in [-0.25, -0.2) is 4.98 Å². The molecular formula is C31H32N4O4. The number of imidazole rings is 1. The van der Waals surface area contributed by atoms with E-state index >= 15 is 0 Å². The third-order valence-electron chi connectivity index (χ3n) is 6.71. The Kier molecular flexibility index (Phi) is 8.03. The molecule has 0 bridgehead atoms. The molecule has 39 heavy (non-hydrogen) atoms. The van der Waals surface area contributed by atoms with Crippen LogP contribution in [0.25, 0.3) is 16.9 Å². The SMILES string of the molecule is COc1ccc(C(=O)N(CC(=O)Nc2nc(-c3ccccc3)cn2-c2cccc(C)c2)C[C@@H]2CCCO2)cc1. The fourth-order valence-corrected chi connectivity index (χ4v) is 4.70. The van der Waals surface area contributed by atoms with E-state index < -0.39 is 0 Å². The third kappa shape index (κ3) is 6.35. The van der Waals surface area contributed by atoms with Gasteiger partial charge in [-0.3, -0.25) is 19.5 Å². The van der Waals surface area contributed by atoms with Crippen LogP contribution >= 0.6 is 0 Å². The summed E-state index contributed by atoms with van der Waals surface area (Å²) >= 11 is 0. The van der Waals surface area contributed by atoms with E-state index in [0.717, 1.165) is 35.3 Å². The van der Waals surface area contributed by atoms with Crippen LogP contribution in [0.15, 0.2) is 85.1 Å². The molecule has 4 aromatic rings. The number of rotatable bonds is 9. The number of nitrogens with one attached hydrogen (secondary N) is 1. The van der Waals surface area contributed by atoms with Gasteiger partial charge in [-0.05, 0) is 61.7 Å². The van der Waals surface area contributed by atoms with Crippen molar-refractivity contribution in [3.8, 4) is 22.7 Å². The number of carbonyl (C=O) groups excluding carboxylic acids is 2. The summed E-state index contributed by atoms with van der Waals surface area (Å²) in [6.07, 6.45) is 3.61. The van der Waals surface area contributed by atoms with Crippen LogP contribution in [0.1, 0.15) is 28.8 Å². The molecule has 0 unspecified atom stereocenters. The molecule has 1 aromatic heterocycles. The van der Waals surface area contributed by atoms with Gasteiger partial charge in [0.05, 0.1) is 18.9 Å². The van der Waals surface area contributed by atoms with Crippen LogP contribution < -0.4 is 10.1 Å². The Morgan fingerprint density at radius 2 is 1.87 bits per heavy atom. The lowest BCUT2D eigenvalue weighted by molar-refractivity contribution is -0.117. The van der Waals surface area contributed by atoms with Gasteiger partial charge in [-0.2, -0.15) is 0 Å². The highest BCUT2D eigenvalue weighted by Crippen LogP contribution is 2.25. The zero-order valence-corrected chi connectivity index (χ0v) is 22.2. The van der Waals surface area contributed by atoms with Crippen molar-refractivity contribution in [3.05, 3.63) is 96.2 Å². The first-order valence-electron chi connectivity index (χ1n) is 13.1. The van der Waals surface area contributed by atoms with E-state index in [1.807, 2.05) is 72.3 Å². The highest BCUT2D eigenvalue weighted by molar-refractivity contribution is 5.99. The maximum atomic E-state index is 13.5. The predicted molar refractivity (Wildman–Crippen MR) is 150 cm³/mol. The largest absolute Gasteiger partial charge is 0.497 e. The van der Waals surface area contributed by atoms with Gasteiger partial charge in [-0.1, -0.05) is 42.5 Å². The van der Waals surface area contributed by atoms with Crippen molar-refractivity contribution in [2.45, 2.75) is 25.9 Å². The van der Waals surface area contributed by atoms with Crippen molar-refractivity contribution in [3.63, 3.8) is 0 Å². The molecule has 3 aromatic carbocycles. The smallest absolute Gasteiger partial charge is 0.254 e. The Hall–Kier alpha value is -4.43. The van der Waals surface area contributed by atoms with Crippen LogP contribution in [0, 0.1) is 6.92 Å². The monoisotopic (exact) mass is 524 g/mol. The minimum Gasteiger partial charge on any atom is -0.497 e. The molecule has 2 amide bonds. The number of anilines is 1. The zero-order chi connectivity index (χ0) is 27.2. The quantitative estimate of drug-likeness (QED) is 0.329. The van der Waals surface area contributed by atoms with E-state index in [1.54, 1.807) is 36.3 Å². The predicted octanol–water partition coefficient (Wildman–Crippen LogP) is 5.12. The molecule has 2 heterocycles. The van der Waals surface area contributed by atoms with Crippen LogP contribution in [0.3, 0.4) is 0 Å². The molecule has 1 saturated heterocycles. The highest BCUT2D eigenvalue weighted by Gasteiger charge is 2.26. The molecule has 1 fully saturated rings. The lowest BCUT2D eigenvalue weighted by Gasteiger charge is -2.25. The number of ether oxygens (including phenoxy) is 2. The average Bonchev–Trinajstić information content (AvgIpc) is 3.63. The Labute approximate surface area is 228 Å². The highest BCUT2D eigenvalue weighted by atomic mass is 16.5. The second-order valence-corrected chi connectivity index (χ2v) is 9.62. The number of aromatic nitrogens is 2. The number of benzene rings is 3. The summed E-state index contributed by atoms with van der Waals surface area (Å²) in [6, 6.07) is 24.7. The third-order valence-corrected chi connectivity index (χ3v) is 6.71. The van der Waals surface area contributed by atoms with Gasteiger partial charge in [0.2, 0.25) is 11.9 Å². The normalized spacial score (nSPS) is 14.7. The molecule has 200 valence electrons. The van der Waals surface area contributed by atoms with Crippen LogP contribution in [0.4, 0.5) is 5.95 Å². The molecular weight excluding hydrogens is 492 g/mol. The van der Waals surface area contributed by atoms with E-state index in [4.69, 9.17) is 14.5 Å². The van der Waals surface area contributed by atoms with Crippen molar-refractivity contribution < 1.29 is 19.1 Å². The van der Waals surface area contributed by atoms with Gasteiger partial charge in [0.1, 0.15) is 12.3 Å². The first kappa shape index (κ1) is 26.2. The Balaban J connectivity index is 1.40. The molecule has 1 aliphatic rings. The summed E-state index contributed by atoms with van der Waals surface area (Å²) in [5, 5.41) is 2.96. The maximum Gasteiger partial charge on any atom is 0.254 e. The molecule has 5 rings (SSSR count). The fraction of sp³-hybridized carbons (Fsp3) is 0.258. The van der Waals surface area contributed by atoms with Crippen molar-refractivity contribution in [2.24, 2.45) is 0 Å². The summed E-state index contributed by atoms with van der Waals surface area (Å²) in [6.45, 7) is 2.88. The van der Waals surface area contributed by atoms with Gasteiger partial charge < -0.3 is 14.4 Å². The van der Waals surface area contributed by atoms with Gasteiger partial charge in [0.15, 0.2) is 0 Å². The molecule has 0 aliphatic carbocycles. The lowest BCUT2D eigenvalue weighted by atomic mass is 10.1. The minimum absolute atomic E-state index is 0.0982. The summed E-state index contributed by atoms with van der Waals surface area (Å²) in [5.41, 5.74) is 4.12. The van der Waals surface area contributed by atoms with Crippen molar-refractivity contribution in [1.82, 2.24) is 14.5 Å². The van der Waals surface area contributed by atoms with Crippen LogP contribution in [-0.2, 0) is 9.53 Å². The van der Waals surface area contributed by atoms with Crippen LogP contribution in [-0.4, -0.2) is 59.2 Å². The van der Waals surface area contributed by atoms with Gasteiger partial charge in [-0.15, -0.1) is 0 Å². The fourth-order valence-electron chi connectivity index (χ4n) is 4.70. The summed E-state index contributed by atoms with van der Waals surface area (Å²) in [7, 11) is 1.58. The molecule has 1 N–H and O–H groups in total. The van der Waals surface area contributed by atoms with Gasteiger partial charge in [0, 0.05) is 36.2 Å². The standard InChI is InChI=1S/C31H32N4O4/c1-22-8-6-11-25(18-22)35-20-28(23-9-4-3-5-10-23)32-31(35)33-29(36)21-34(19-27-12-7-17-39-27)30(37)24-13-15-26(38-2)16-14-24/h3-6,8-11,13-16,18,20,27H,7,12,17,19,21H2,1-2H3,(H,32,33,36)/t27-/m0/s1. The topological polar surface area (TPSA) is 85.7 Å². The average molecular weight is 525 g/mol. The summed E-state index contributed by atoms with van der Waals surface area (Å²) < 4.78 is 12.9. The van der Waals surface area contributed by atoms with Gasteiger partial charge in [0.25, 0.3) is 5.91 Å². The summed E-state index contributed by atoms with van der Waals surface area (Å²) in [5.74, 6) is 0.467. The van der Waals surface area contributed by atoms with E-state index in [2.05, 4.69) is 5.32 Å². The first-order valence-corrected chi connectivity index (χ1v) is 13.1. The molecule has 0 radical (unpaired) electrons. The lowest BCUT2D eigenvalue weighted by Crippen LogP contribution is -2.42. The maximum absolute atomic E-state index is 13.5. The van der Waals surface area contributed by atoms with E-state index in [-0.39, 0.29) is 24.5 Å². The molecule has 1 atom stereocenters. The number of hydrogen-bond donors (Lipinski definition) is 1. The number of aryl methyl sites for hydroxylation is 1. The number of nitrogens with zero attached hydrogens (tertiary/aromatic N) is 3. The van der Waals surface area contributed by atoms with Gasteiger partial charge >= 0.3 is 0 Å². The number of hydrogen-bond acceptors (Lipinski definition) is 5. The minimum atomic E-state index is -0.339. The van der Waals surface area contributed by atoms with Crippen molar-refractivity contribution in [2.75, 3.05) is 32.1 Å². The van der Waals surface area contributed by atoms with Crippen molar-refractivity contribution >= 4 is 17.8 Å². The Morgan fingerprint density at radius 1 is 1.08 bits per heavy atom.